The summed E-state index contributed by atoms with van der Waals surface area (Å²) in [5, 5.41) is 9.19. The van der Waals surface area contributed by atoms with Gasteiger partial charge in [-0.05, 0) is 62.7 Å². The van der Waals surface area contributed by atoms with Crippen LogP contribution in [0, 0.1) is 12.3 Å². The van der Waals surface area contributed by atoms with E-state index in [1.165, 1.54) is 0 Å². The van der Waals surface area contributed by atoms with Gasteiger partial charge in [-0.3, -0.25) is 14.6 Å². The fourth-order valence-corrected chi connectivity index (χ4v) is 3.41. The van der Waals surface area contributed by atoms with Crippen LogP contribution >= 0.6 is 0 Å². The smallest absolute Gasteiger partial charge is 0.255 e. The van der Waals surface area contributed by atoms with E-state index in [0.717, 1.165) is 31.5 Å². The van der Waals surface area contributed by atoms with Gasteiger partial charge in [0.05, 0.1) is 12.0 Å². The number of ether oxygens (including phenoxy) is 1. The first-order chi connectivity index (χ1) is 13.5. The highest BCUT2D eigenvalue weighted by Gasteiger charge is 2.39. The fraction of sp³-hybridized carbons (Fsp3) is 0.381. The van der Waals surface area contributed by atoms with Crippen LogP contribution in [0.3, 0.4) is 0 Å². The van der Waals surface area contributed by atoms with Crippen molar-refractivity contribution in [2.24, 2.45) is 5.41 Å². The molecule has 0 aliphatic carbocycles. The van der Waals surface area contributed by atoms with Gasteiger partial charge in [0.25, 0.3) is 5.91 Å². The molecule has 1 fully saturated rings. The molecule has 2 heterocycles. The van der Waals surface area contributed by atoms with E-state index in [1.807, 2.05) is 19.1 Å². The number of hydrogen-bond donors (Lipinski definition) is 3. The summed E-state index contributed by atoms with van der Waals surface area (Å²) in [4.78, 5) is 29.4. The van der Waals surface area contributed by atoms with Gasteiger partial charge in [-0.1, -0.05) is 6.07 Å². The minimum Gasteiger partial charge on any atom is -0.384 e. The number of hydrogen-bond acceptors (Lipinski definition) is 5. The van der Waals surface area contributed by atoms with E-state index in [2.05, 4.69) is 20.9 Å². The largest absolute Gasteiger partial charge is 0.384 e. The van der Waals surface area contributed by atoms with Gasteiger partial charge in [0.2, 0.25) is 5.91 Å². The van der Waals surface area contributed by atoms with Crippen LogP contribution in [-0.2, 0) is 9.53 Å². The Balaban J connectivity index is 1.75. The number of anilines is 2. The zero-order valence-corrected chi connectivity index (χ0v) is 16.2. The maximum atomic E-state index is 13.0. The Bertz CT molecular complexity index is 827. The van der Waals surface area contributed by atoms with E-state index in [-0.39, 0.29) is 11.8 Å². The first-order valence-corrected chi connectivity index (χ1v) is 9.37. The Morgan fingerprint density at radius 3 is 2.54 bits per heavy atom. The molecule has 28 heavy (non-hydrogen) atoms. The third kappa shape index (κ3) is 4.55. The van der Waals surface area contributed by atoms with Gasteiger partial charge in [-0.2, -0.15) is 0 Å². The van der Waals surface area contributed by atoms with Crippen LogP contribution in [0.1, 0.15) is 28.8 Å². The van der Waals surface area contributed by atoms with Gasteiger partial charge in [-0.25, -0.2) is 0 Å². The molecule has 2 amide bonds. The number of benzene rings is 1. The lowest BCUT2D eigenvalue weighted by atomic mass is 9.78. The van der Waals surface area contributed by atoms with Crippen molar-refractivity contribution in [3.05, 3.63) is 53.9 Å². The molecule has 0 spiro atoms. The first-order valence-electron chi connectivity index (χ1n) is 9.37. The van der Waals surface area contributed by atoms with Crippen molar-refractivity contribution in [3.63, 3.8) is 0 Å². The molecule has 0 bridgehead atoms. The third-order valence-corrected chi connectivity index (χ3v) is 5.15. The van der Waals surface area contributed by atoms with E-state index < -0.39 is 5.41 Å². The summed E-state index contributed by atoms with van der Waals surface area (Å²) in [6.07, 6.45) is 4.60. The van der Waals surface area contributed by atoms with E-state index in [9.17, 15) is 9.59 Å². The third-order valence-electron chi connectivity index (χ3n) is 5.15. The number of nitrogens with one attached hydrogen (secondary N) is 3. The molecule has 0 radical (unpaired) electrons. The molecule has 3 N–H and O–H groups in total. The van der Waals surface area contributed by atoms with Crippen molar-refractivity contribution >= 4 is 23.2 Å². The number of amides is 2. The van der Waals surface area contributed by atoms with Crippen LogP contribution in [0.2, 0.25) is 0 Å². The molecule has 148 valence electrons. The summed E-state index contributed by atoms with van der Waals surface area (Å²) in [6, 6.07) is 8.82. The molecular weight excluding hydrogens is 356 g/mol. The zero-order chi connectivity index (χ0) is 20.0. The van der Waals surface area contributed by atoms with Crippen LogP contribution in [-0.4, -0.2) is 43.6 Å². The molecule has 3 rings (SSSR count). The highest BCUT2D eigenvalue weighted by molar-refractivity contribution is 6.05. The van der Waals surface area contributed by atoms with E-state index in [0.29, 0.717) is 23.5 Å². The van der Waals surface area contributed by atoms with Crippen molar-refractivity contribution in [2.75, 3.05) is 37.4 Å². The second-order valence-electron chi connectivity index (χ2n) is 7.14. The number of nitrogens with zero attached hydrogens (tertiary/aromatic N) is 1. The summed E-state index contributed by atoms with van der Waals surface area (Å²) in [6.45, 7) is 3.88. The Hall–Kier alpha value is -2.77. The van der Waals surface area contributed by atoms with Crippen molar-refractivity contribution in [1.29, 1.82) is 0 Å². The van der Waals surface area contributed by atoms with E-state index >= 15 is 0 Å². The number of rotatable bonds is 6. The summed E-state index contributed by atoms with van der Waals surface area (Å²) in [7, 11) is 1.62. The normalized spacial score (nSPS) is 15.6. The topological polar surface area (TPSA) is 92.4 Å². The summed E-state index contributed by atoms with van der Waals surface area (Å²) in [5.74, 6) is -0.269. The van der Waals surface area contributed by atoms with Gasteiger partial charge < -0.3 is 20.7 Å². The average Bonchev–Trinajstić information content (AvgIpc) is 2.72. The first kappa shape index (κ1) is 20.0. The number of piperidine rings is 1. The van der Waals surface area contributed by atoms with Crippen molar-refractivity contribution < 1.29 is 14.3 Å². The monoisotopic (exact) mass is 382 g/mol. The molecule has 2 aromatic rings. The molecule has 7 heteroatoms. The van der Waals surface area contributed by atoms with Crippen molar-refractivity contribution in [3.8, 4) is 0 Å². The molecule has 1 aromatic heterocycles. The lowest BCUT2D eigenvalue weighted by molar-refractivity contribution is -0.130. The van der Waals surface area contributed by atoms with Gasteiger partial charge in [0.15, 0.2) is 0 Å². The van der Waals surface area contributed by atoms with Crippen molar-refractivity contribution in [1.82, 2.24) is 10.3 Å². The molecule has 1 aliphatic heterocycles. The number of carbonyl (C=O) groups excluding carboxylic acids is 2. The van der Waals surface area contributed by atoms with Gasteiger partial charge >= 0.3 is 0 Å². The number of pyridine rings is 1. The number of aromatic nitrogens is 1. The van der Waals surface area contributed by atoms with Crippen molar-refractivity contribution in [2.45, 2.75) is 19.8 Å². The predicted octanol–water partition coefficient (Wildman–Crippen LogP) is 2.60. The van der Waals surface area contributed by atoms with Gasteiger partial charge in [-0.15, -0.1) is 0 Å². The van der Waals surface area contributed by atoms with Gasteiger partial charge in [0, 0.05) is 36.4 Å². The summed E-state index contributed by atoms with van der Waals surface area (Å²) >= 11 is 0. The summed E-state index contributed by atoms with van der Waals surface area (Å²) in [5.41, 5.74) is 2.21. The second-order valence-corrected chi connectivity index (χ2v) is 7.14. The molecule has 1 aliphatic rings. The Morgan fingerprint density at radius 2 is 1.86 bits per heavy atom. The van der Waals surface area contributed by atoms with Crippen LogP contribution in [0.4, 0.5) is 11.4 Å². The second kappa shape index (κ2) is 8.95. The fourth-order valence-electron chi connectivity index (χ4n) is 3.41. The zero-order valence-electron chi connectivity index (χ0n) is 16.2. The number of aryl methyl sites for hydroxylation is 1. The van der Waals surface area contributed by atoms with E-state index in [4.69, 9.17) is 4.74 Å². The SMILES string of the molecule is COCC1(C(=O)Nc2ccc(C)c(NC(=O)c3ccncc3)c2)CCNCC1. The van der Waals surface area contributed by atoms with Crippen LogP contribution < -0.4 is 16.0 Å². The molecule has 0 saturated carbocycles. The molecule has 1 saturated heterocycles. The van der Waals surface area contributed by atoms with Crippen LogP contribution in [0.15, 0.2) is 42.7 Å². The van der Waals surface area contributed by atoms with Crippen LogP contribution in [0.5, 0.6) is 0 Å². The standard InChI is InChI=1S/C21H26N4O3/c1-15-3-4-17(13-18(15)25-19(26)16-5-9-22-10-6-16)24-20(27)21(14-28-2)7-11-23-12-8-21/h3-6,9-10,13,23H,7-8,11-12,14H2,1-2H3,(H,24,27)(H,25,26). The molecule has 7 nitrogen and oxygen atoms in total. The van der Waals surface area contributed by atoms with E-state index in [1.54, 1.807) is 37.7 Å². The minimum absolute atomic E-state index is 0.0499. The minimum atomic E-state index is -0.536. The maximum Gasteiger partial charge on any atom is 0.255 e. The molecule has 0 unspecified atom stereocenters. The lowest BCUT2D eigenvalue weighted by Gasteiger charge is -2.35. The summed E-state index contributed by atoms with van der Waals surface area (Å²) < 4.78 is 5.34. The average molecular weight is 382 g/mol. The molecule has 0 atom stereocenters. The van der Waals surface area contributed by atoms with Gasteiger partial charge in [0.1, 0.15) is 0 Å². The lowest BCUT2D eigenvalue weighted by Crippen LogP contribution is -2.47. The highest BCUT2D eigenvalue weighted by atomic mass is 16.5. The highest BCUT2D eigenvalue weighted by Crippen LogP contribution is 2.31. The number of carbonyl (C=O) groups is 2. The Morgan fingerprint density at radius 1 is 1.14 bits per heavy atom. The quantitative estimate of drug-likeness (QED) is 0.714. The predicted molar refractivity (Wildman–Crippen MR) is 108 cm³/mol. The molecule has 1 aromatic carbocycles. The Kier molecular flexibility index (Phi) is 6.38. The van der Waals surface area contributed by atoms with Crippen LogP contribution in [0.25, 0.3) is 0 Å². The molecular formula is C21H26N4O3. The maximum absolute atomic E-state index is 13.0. The number of methoxy groups -OCH3 is 1. The Labute approximate surface area is 164 Å².